The van der Waals surface area contributed by atoms with Gasteiger partial charge in [-0.3, -0.25) is 5.43 Å². The van der Waals surface area contributed by atoms with Crippen molar-refractivity contribution in [2.75, 3.05) is 45.2 Å². The topological polar surface area (TPSA) is 58.0 Å². The molecule has 6 nitrogen and oxygen atoms in total. The Bertz CT molecular complexity index is 830. The number of hydrogen-bond donors (Lipinski definition) is 3. The number of rotatable bonds is 5. The van der Waals surface area contributed by atoms with Crippen LogP contribution in [0.25, 0.3) is 11.1 Å². The van der Waals surface area contributed by atoms with Crippen LogP contribution in [0, 0.1) is 6.92 Å². The fraction of sp³-hybridized carbons (Fsp3) is 0.400. The minimum Gasteiger partial charge on any atom is -0.462 e. The number of quaternary nitrogens is 1. The summed E-state index contributed by atoms with van der Waals surface area (Å²) in [6, 6.07) is 9.91. The summed E-state index contributed by atoms with van der Waals surface area (Å²) in [4.78, 5) is 15.3. The molecular weight excluding hydrogens is 392 g/mol. The normalized spacial score (nSPS) is 15.2. The molecule has 3 rings (SSSR count). The number of ether oxygens (including phenoxy) is 1. The predicted molar refractivity (Wildman–Crippen MR) is 118 cm³/mol. The zero-order chi connectivity index (χ0) is 20.1. The number of esters is 1. The molecule has 1 aromatic heterocycles. The lowest BCUT2D eigenvalue weighted by Gasteiger charge is -2.30. The molecule has 1 aromatic carbocycles. The smallest absolute Gasteiger partial charge is 0.341 e. The highest BCUT2D eigenvalue weighted by molar-refractivity contribution is 7.80. The summed E-state index contributed by atoms with van der Waals surface area (Å²) in [5.74, 6) is -0.334. The van der Waals surface area contributed by atoms with Crippen LogP contribution in [0.15, 0.2) is 30.3 Å². The molecule has 2 heterocycles. The van der Waals surface area contributed by atoms with Crippen molar-refractivity contribution in [1.29, 1.82) is 0 Å². The van der Waals surface area contributed by atoms with Gasteiger partial charge in [0.25, 0.3) is 0 Å². The lowest BCUT2D eigenvalue weighted by molar-refractivity contribution is -0.884. The number of hydrazine groups is 1. The fourth-order valence-electron chi connectivity index (χ4n) is 3.26. The molecule has 0 unspecified atom stereocenters. The first-order valence-electron chi connectivity index (χ1n) is 9.49. The number of thiophene rings is 1. The monoisotopic (exact) mass is 419 g/mol. The van der Waals surface area contributed by atoms with Crippen LogP contribution in [0.1, 0.15) is 22.2 Å². The number of piperazine rings is 1. The molecule has 0 radical (unpaired) electrons. The number of hydrogen-bond acceptors (Lipinski definition) is 5. The van der Waals surface area contributed by atoms with Crippen LogP contribution >= 0.6 is 23.6 Å². The van der Waals surface area contributed by atoms with Gasteiger partial charge in [-0.05, 0) is 31.6 Å². The SMILES string of the molecule is CCOC(=O)c1c(NC(=S)NN2CC[NH+](C)CC2)sc(C)c1-c1ccccc1. The van der Waals surface area contributed by atoms with E-state index in [1.807, 2.05) is 44.2 Å². The Morgan fingerprint density at radius 3 is 2.61 bits per heavy atom. The first-order valence-corrected chi connectivity index (χ1v) is 10.7. The van der Waals surface area contributed by atoms with Gasteiger partial charge in [-0.2, -0.15) is 0 Å². The second-order valence-electron chi connectivity index (χ2n) is 6.83. The van der Waals surface area contributed by atoms with Gasteiger partial charge in [-0.25, -0.2) is 9.80 Å². The Kier molecular flexibility index (Phi) is 7.01. The molecular formula is C20H27N4O2S2+. The van der Waals surface area contributed by atoms with Crippen molar-refractivity contribution in [3.05, 3.63) is 40.8 Å². The maximum atomic E-state index is 12.7. The third kappa shape index (κ3) is 4.88. The van der Waals surface area contributed by atoms with E-state index in [0.717, 1.165) is 42.2 Å². The lowest BCUT2D eigenvalue weighted by Crippen LogP contribution is -3.12. The molecule has 0 atom stereocenters. The Labute approximate surface area is 175 Å². The van der Waals surface area contributed by atoms with Crippen molar-refractivity contribution in [2.24, 2.45) is 0 Å². The minimum atomic E-state index is -0.334. The largest absolute Gasteiger partial charge is 0.462 e. The highest BCUT2D eigenvalue weighted by atomic mass is 32.1. The van der Waals surface area contributed by atoms with Gasteiger partial charge < -0.3 is 15.0 Å². The van der Waals surface area contributed by atoms with E-state index in [0.29, 0.717) is 22.3 Å². The second kappa shape index (κ2) is 9.47. The second-order valence-corrected chi connectivity index (χ2v) is 8.47. The summed E-state index contributed by atoms with van der Waals surface area (Å²) in [7, 11) is 2.19. The number of likely N-dealkylation sites (N-methyl/N-ethyl adjacent to an activating group) is 1. The molecule has 0 bridgehead atoms. The van der Waals surface area contributed by atoms with Crippen molar-refractivity contribution in [3.63, 3.8) is 0 Å². The Balaban J connectivity index is 1.84. The number of carbonyl (C=O) groups excluding carboxylic acids is 1. The number of nitrogens with one attached hydrogen (secondary N) is 3. The molecule has 3 N–H and O–H groups in total. The summed E-state index contributed by atoms with van der Waals surface area (Å²) < 4.78 is 5.34. The van der Waals surface area contributed by atoms with E-state index in [2.05, 4.69) is 22.8 Å². The van der Waals surface area contributed by atoms with Crippen LogP contribution < -0.4 is 15.6 Å². The minimum absolute atomic E-state index is 0.327. The van der Waals surface area contributed by atoms with E-state index in [9.17, 15) is 4.79 Å². The van der Waals surface area contributed by atoms with Crippen LogP contribution in [-0.2, 0) is 4.74 Å². The molecule has 0 spiro atoms. The molecule has 8 heteroatoms. The maximum absolute atomic E-state index is 12.7. The molecule has 1 saturated heterocycles. The van der Waals surface area contributed by atoms with E-state index in [1.165, 1.54) is 16.2 Å². The lowest BCUT2D eigenvalue weighted by atomic mass is 10.0. The van der Waals surface area contributed by atoms with Gasteiger partial charge in [0.15, 0.2) is 5.11 Å². The van der Waals surface area contributed by atoms with Crippen molar-refractivity contribution in [3.8, 4) is 11.1 Å². The quantitative estimate of drug-likeness (QED) is 0.509. The average Bonchev–Trinajstić information content (AvgIpc) is 3.00. The summed E-state index contributed by atoms with van der Waals surface area (Å²) in [5.41, 5.74) is 5.69. The van der Waals surface area contributed by atoms with Gasteiger partial charge in [0.1, 0.15) is 10.6 Å². The highest BCUT2D eigenvalue weighted by Crippen LogP contribution is 2.40. The molecule has 150 valence electrons. The predicted octanol–water partition coefficient (Wildman–Crippen LogP) is 1.93. The van der Waals surface area contributed by atoms with Gasteiger partial charge in [-0.15, -0.1) is 11.3 Å². The molecule has 0 saturated carbocycles. The van der Waals surface area contributed by atoms with Crippen molar-refractivity contribution in [1.82, 2.24) is 10.4 Å². The summed E-state index contributed by atoms with van der Waals surface area (Å²) >= 11 is 7.03. The molecule has 1 aliphatic heterocycles. The van der Waals surface area contributed by atoms with Crippen molar-refractivity contribution >= 4 is 39.6 Å². The molecule has 0 aliphatic carbocycles. The number of carbonyl (C=O) groups is 1. The van der Waals surface area contributed by atoms with Gasteiger partial charge in [-0.1, -0.05) is 30.3 Å². The summed E-state index contributed by atoms with van der Waals surface area (Å²) in [6.07, 6.45) is 0. The van der Waals surface area contributed by atoms with Crippen LogP contribution in [0.4, 0.5) is 5.00 Å². The van der Waals surface area contributed by atoms with E-state index in [-0.39, 0.29) is 5.97 Å². The molecule has 28 heavy (non-hydrogen) atoms. The average molecular weight is 420 g/mol. The zero-order valence-electron chi connectivity index (χ0n) is 16.5. The van der Waals surface area contributed by atoms with Crippen LogP contribution in [0.2, 0.25) is 0 Å². The number of nitrogens with zero attached hydrogens (tertiary/aromatic N) is 1. The molecule has 1 fully saturated rings. The van der Waals surface area contributed by atoms with Gasteiger partial charge in [0, 0.05) is 10.4 Å². The van der Waals surface area contributed by atoms with E-state index in [4.69, 9.17) is 17.0 Å². The van der Waals surface area contributed by atoms with E-state index < -0.39 is 0 Å². The summed E-state index contributed by atoms with van der Waals surface area (Å²) in [5, 5.41) is 6.55. The zero-order valence-corrected chi connectivity index (χ0v) is 18.1. The first kappa shape index (κ1) is 20.7. The maximum Gasteiger partial charge on any atom is 0.341 e. The Morgan fingerprint density at radius 2 is 1.96 bits per heavy atom. The third-order valence-electron chi connectivity index (χ3n) is 4.73. The van der Waals surface area contributed by atoms with Gasteiger partial charge in [0.2, 0.25) is 0 Å². The van der Waals surface area contributed by atoms with Crippen molar-refractivity contribution in [2.45, 2.75) is 13.8 Å². The fourth-order valence-corrected chi connectivity index (χ4v) is 4.62. The standard InChI is InChI=1S/C20H26N4O2S2/c1-4-26-19(25)17-16(15-8-6-5-7-9-15)14(2)28-18(17)21-20(27)22-24-12-10-23(3)11-13-24/h5-9H,4,10-13H2,1-3H3,(H2,21,22,27)/p+1. The Morgan fingerprint density at radius 1 is 1.29 bits per heavy atom. The Hall–Kier alpha value is -2.00. The first-order chi connectivity index (χ1) is 13.5. The number of benzene rings is 1. The van der Waals surface area contributed by atoms with Crippen molar-refractivity contribution < 1.29 is 14.4 Å². The van der Waals surface area contributed by atoms with Crippen LogP contribution in [0.5, 0.6) is 0 Å². The number of anilines is 1. The number of thiocarbonyl (C=S) groups is 1. The number of aryl methyl sites for hydroxylation is 1. The highest BCUT2D eigenvalue weighted by Gasteiger charge is 2.25. The van der Waals surface area contributed by atoms with Crippen LogP contribution in [0.3, 0.4) is 0 Å². The molecule has 1 aliphatic rings. The van der Waals surface area contributed by atoms with Gasteiger partial charge in [0.05, 0.1) is 39.8 Å². The molecule has 2 aromatic rings. The van der Waals surface area contributed by atoms with Crippen LogP contribution in [-0.4, -0.2) is 55.9 Å². The van der Waals surface area contributed by atoms with E-state index in [1.54, 1.807) is 0 Å². The van der Waals surface area contributed by atoms with Gasteiger partial charge >= 0.3 is 5.97 Å². The molecule has 0 amide bonds. The summed E-state index contributed by atoms with van der Waals surface area (Å²) in [6.45, 7) is 8.15. The third-order valence-corrected chi connectivity index (χ3v) is 5.94. The van der Waals surface area contributed by atoms with E-state index >= 15 is 0 Å².